The van der Waals surface area contributed by atoms with E-state index in [0.29, 0.717) is 6.54 Å². The molecule has 5 rings (SSSR count). The molecule has 2 aromatic rings. The van der Waals surface area contributed by atoms with Crippen LogP contribution >= 0.6 is 0 Å². The number of fused-ring (bicyclic) bond motifs is 1. The summed E-state index contributed by atoms with van der Waals surface area (Å²) in [5.41, 5.74) is 0.331. The van der Waals surface area contributed by atoms with Gasteiger partial charge in [-0.25, -0.2) is 4.79 Å². The maximum Gasteiger partial charge on any atom is 0.494 e. The van der Waals surface area contributed by atoms with Crippen molar-refractivity contribution in [3.63, 3.8) is 0 Å². The molecule has 3 aliphatic rings. The van der Waals surface area contributed by atoms with Crippen molar-refractivity contribution in [2.75, 3.05) is 6.54 Å². The van der Waals surface area contributed by atoms with Crippen molar-refractivity contribution in [3.8, 4) is 0 Å². The monoisotopic (exact) mass is 494 g/mol. The van der Waals surface area contributed by atoms with Gasteiger partial charge < -0.3 is 23.5 Å². The van der Waals surface area contributed by atoms with E-state index in [1.807, 2.05) is 89.3 Å². The van der Waals surface area contributed by atoms with Gasteiger partial charge in [0.05, 0.1) is 16.6 Å². The van der Waals surface area contributed by atoms with E-state index in [2.05, 4.69) is 0 Å². The number of pyridine rings is 1. The summed E-state index contributed by atoms with van der Waals surface area (Å²) in [6.45, 7) is 16.4. The van der Waals surface area contributed by atoms with Crippen LogP contribution in [0.5, 0.6) is 0 Å². The van der Waals surface area contributed by atoms with Gasteiger partial charge in [-0.2, -0.15) is 0 Å². The minimum atomic E-state index is -0.518. The molecular weight excluding hydrogens is 455 g/mol. The van der Waals surface area contributed by atoms with Gasteiger partial charge in [0, 0.05) is 24.3 Å². The van der Waals surface area contributed by atoms with E-state index in [4.69, 9.17) is 14.0 Å². The van der Waals surface area contributed by atoms with Crippen LogP contribution < -0.4 is 11.0 Å². The van der Waals surface area contributed by atoms with Gasteiger partial charge in [-0.3, -0.25) is 4.79 Å². The van der Waals surface area contributed by atoms with Gasteiger partial charge in [-0.05, 0) is 104 Å². The molecule has 194 valence electrons. The molecule has 3 heterocycles. The normalized spacial score (nSPS) is 24.4. The quantitative estimate of drug-likeness (QED) is 0.566. The maximum absolute atomic E-state index is 13.7. The van der Waals surface area contributed by atoms with E-state index >= 15 is 0 Å². The number of carbonyl (C=O) groups excluding carboxylic acids is 1. The lowest BCUT2D eigenvalue weighted by Crippen LogP contribution is -2.50. The average Bonchev–Trinajstić information content (AvgIpc) is 3.45. The van der Waals surface area contributed by atoms with Crippen molar-refractivity contribution in [1.29, 1.82) is 0 Å². The highest BCUT2D eigenvalue weighted by molar-refractivity contribution is 6.62. The summed E-state index contributed by atoms with van der Waals surface area (Å²) in [7, 11) is -0.465. The number of piperidine rings is 1. The van der Waals surface area contributed by atoms with Gasteiger partial charge in [0.2, 0.25) is 0 Å². The van der Waals surface area contributed by atoms with Crippen molar-refractivity contribution in [1.82, 2.24) is 9.47 Å². The summed E-state index contributed by atoms with van der Waals surface area (Å²) >= 11 is 0. The molecule has 1 amide bonds. The number of hydrogen-bond acceptors (Lipinski definition) is 5. The third-order valence-corrected chi connectivity index (χ3v) is 8.49. The zero-order valence-electron chi connectivity index (χ0n) is 22.9. The van der Waals surface area contributed by atoms with Crippen LogP contribution in [0.15, 0.2) is 29.2 Å². The molecule has 0 radical (unpaired) electrons. The first kappa shape index (κ1) is 25.3. The predicted molar refractivity (Wildman–Crippen MR) is 142 cm³/mol. The van der Waals surface area contributed by atoms with Gasteiger partial charge in [0.25, 0.3) is 5.56 Å². The lowest BCUT2D eigenvalue weighted by molar-refractivity contribution is 0.000495. The van der Waals surface area contributed by atoms with Crippen LogP contribution in [-0.4, -0.2) is 51.6 Å². The molecule has 2 aliphatic heterocycles. The number of ether oxygens (including phenoxy) is 1. The zero-order valence-corrected chi connectivity index (χ0v) is 22.9. The number of hydrogen-bond donors (Lipinski definition) is 0. The second kappa shape index (κ2) is 8.09. The first-order chi connectivity index (χ1) is 16.6. The van der Waals surface area contributed by atoms with Crippen LogP contribution in [-0.2, 0) is 14.0 Å². The minimum Gasteiger partial charge on any atom is -0.444 e. The Kier molecular flexibility index (Phi) is 5.69. The molecule has 7 nitrogen and oxygen atoms in total. The lowest BCUT2D eigenvalue weighted by Gasteiger charge is -2.41. The number of aryl methyl sites for hydroxylation is 1. The fourth-order valence-electron chi connectivity index (χ4n) is 5.65. The molecule has 1 aliphatic carbocycles. The van der Waals surface area contributed by atoms with Crippen LogP contribution in [0.3, 0.4) is 0 Å². The Morgan fingerprint density at radius 2 is 1.75 bits per heavy atom. The Morgan fingerprint density at radius 3 is 2.33 bits per heavy atom. The van der Waals surface area contributed by atoms with Crippen LogP contribution in [0.4, 0.5) is 4.79 Å². The summed E-state index contributed by atoms with van der Waals surface area (Å²) in [5.74, 6) is 0. The second-order valence-corrected chi connectivity index (χ2v) is 12.9. The average molecular weight is 494 g/mol. The van der Waals surface area contributed by atoms with Crippen LogP contribution in [0.1, 0.15) is 85.8 Å². The Balaban J connectivity index is 1.41. The summed E-state index contributed by atoms with van der Waals surface area (Å²) in [5, 5.41) is 1.63. The van der Waals surface area contributed by atoms with E-state index < -0.39 is 23.9 Å². The number of amides is 1. The van der Waals surface area contributed by atoms with Crippen molar-refractivity contribution in [2.24, 2.45) is 0 Å². The van der Waals surface area contributed by atoms with E-state index in [-0.39, 0.29) is 23.2 Å². The topological polar surface area (TPSA) is 70.0 Å². The van der Waals surface area contributed by atoms with Gasteiger partial charge in [-0.1, -0.05) is 12.1 Å². The SMILES string of the molecule is Cc1cc(B2OC(C)(C)C(C)(C)O2)cc2ccn(C3CCN(C(=O)OC(C)(C)C)C4(CC4)C3)c(=O)c12. The van der Waals surface area contributed by atoms with Crippen LogP contribution in [0, 0.1) is 6.92 Å². The highest BCUT2D eigenvalue weighted by Gasteiger charge is 2.55. The maximum atomic E-state index is 13.7. The highest BCUT2D eigenvalue weighted by atomic mass is 16.7. The van der Waals surface area contributed by atoms with E-state index in [9.17, 15) is 9.59 Å². The van der Waals surface area contributed by atoms with Crippen LogP contribution in [0.25, 0.3) is 10.8 Å². The highest BCUT2D eigenvalue weighted by Crippen LogP contribution is 2.51. The van der Waals surface area contributed by atoms with Gasteiger partial charge in [0.1, 0.15) is 5.60 Å². The number of rotatable bonds is 2. The molecule has 2 saturated heterocycles. The number of carbonyl (C=O) groups is 1. The molecule has 3 fully saturated rings. The molecular formula is C28H39BN2O5. The fraction of sp³-hybridized carbons (Fsp3) is 0.643. The largest absolute Gasteiger partial charge is 0.494 e. The number of likely N-dealkylation sites (tertiary alicyclic amines) is 1. The molecule has 1 atom stereocenters. The zero-order chi connectivity index (χ0) is 26.3. The lowest BCUT2D eigenvalue weighted by atomic mass is 9.77. The van der Waals surface area contributed by atoms with Crippen molar-refractivity contribution < 1.29 is 18.8 Å². The molecule has 1 spiro atoms. The molecule has 1 aromatic heterocycles. The Labute approximate surface area is 214 Å². The number of benzene rings is 1. The number of nitrogens with zero attached hydrogens (tertiary/aromatic N) is 2. The number of aromatic nitrogens is 1. The molecule has 1 aromatic carbocycles. The first-order valence-corrected chi connectivity index (χ1v) is 13.1. The van der Waals surface area contributed by atoms with Gasteiger partial charge in [0.15, 0.2) is 0 Å². The molecule has 0 bridgehead atoms. The van der Waals surface area contributed by atoms with Crippen molar-refractivity contribution >= 4 is 29.4 Å². The summed E-state index contributed by atoms with van der Waals surface area (Å²) in [6.07, 6.45) is 5.11. The molecule has 1 unspecified atom stereocenters. The van der Waals surface area contributed by atoms with Gasteiger partial charge >= 0.3 is 13.2 Å². The van der Waals surface area contributed by atoms with Crippen molar-refractivity contribution in [3.05, 3.63) is 40.3 Å². The summed E-state index contributed by atoms with van der Waals surface area (Å²) in [4.78, 5) is 28.5. The molecule has 8 heteroatoms. The first-order valence-electron chi connectivity index (χ1n) is 13.1. The predicted octanol–water partition coefficient (Wildman–Crippen LogP) is 4.71. The smallest absolute Gasteiger partial charge is 0.444 e. The summed E-state index contributed by atoms with van der Waals surface area (Å²) in [6, 6.07) is 6.12. The van der Waals surface area contributed by atoms with Crippen LogP contribution in [0.2, 0.25) is 0 Å². The van der Waals surface area contributed by atoms with Crippen molar-refractivity contribution in [2.45, 2.75) is 109 Å². The van der Waals surface area contributed by atoms with Gasteiger partial charge in [-0.15, -0.1) is 0 Å². The minimum absolute atomic E-state index is 0.0250. The third-order valence-electron chi connectivity index (χ3n) is 8.49. The molecule has 0 N–H and O–H groups in total. The van der Waals surface area contributed by atoms with E-state index in [0.717, 1.165) is 47.5 Å². The van der Waals surface area contributed by atoms with E-state index in [1.165, 1.54) is 0 Å². The Hall–Kier alpha value is -2.32. The van der Waals surface area contributed by atoms with E-state index in [1.54, 1.807) is 0 Å². The second-order valence-electron chi connectivity index (χ2n) is 12.9. The fourth-order valence-corrected chi connectivity index (χ4v) is 5.65. The molecule has 36 heavy (non-hydrogen) atoms. The summed E-state index contributed by atoms with van der Waals surface area (Å²) < 4.78 is 20.0. The molecule has 1 saturated carbocycles. The Bertz CT molecular complexity index is 1260. The standard InChI is InChI=1S/C28H39BN2O5/c1-18-15-20(29-35-26(5,6)27(7,8)36-29)16-19-9-13-30(23(32)22(18)19)21-10-14-31(28(17-21)11-12-28)24(33)34-25(2,3)4/h9,13,15-16,21H,10-12,14,17H2,1-8H3. The third kappa shape index (κ3) is 4.26. The Morgan fingerprint density at radius 1 is 1.11 bits per heavy atom.